The number of likely N-dealkylation sites (N-methyl/N-ethyl adjacent to an activating group) is 1. The van der Waals surface area contributed by atoms with Crippen LogP contribution in [-0.2, 0) is 4.74 Å². The maximum Gasteiger partial charge on any atom is 0.459 e. The van der Waals surface area contributed by atoms with Gasteiger partial charge in [0.05, 0.1) is 0 Å². The summed E-state index contributed by atoms with van der Waals surface area (Å²) in [5, 5.41) is 0. The van der Waals surface area contributed by atoms with Gasteiger partial charge in [0, 0.05) is 26.2 Å². The standard InChI is InChI=1S/C11H19F3N2O2/c1-10(2,3)18-9(17)15(4)8-5-6-16(7-8)11(12,13)14/h8H,5-7H2,1-4H3/t8-/m0/s1. The molecule has 7 heteroatoms. The van der Waals surface area contributed by atoms with Crippen LogP contribution >= 0.6 is 0 Å². The molecular formula is C11H19F3N2O2. The van der Waals surface area contributed by atoms with Gasteiger partial charge < -0.3 is 9.64 Å². The minimum absolute atomic E-state index is 0.0820. The van der Waals surface area contributed by atoms with E-state index in [-0.39, 0.29) is 13.1 Å². The van der Waals surface area contributed by atoms with Crippen LogP contribution < -0.4 is 0 Å². The van der Waals surface area contributed by atoms with Crippen LogP contribution in [0.2, 0.25) is 0 Å². The largest absolute Gasteiger partial charge is 0.459 e. The maximum absolute atomic E-state index is 12.5. The number of hydrogen-bond donors (Lipinski definition) is 0. The third-order valence-corrected chi connectivity index (χ3v) is 2.75. The second-order valence-electron chi connectivity index (χ2n) is 5.45. The Labute approximate surface area is 105 Å². The van der Waals surface area contributed by atoms with Gasteiger partial charge in [-0.05, 0) is 27.2 Å². The molecule has 4 nitrogen and oxygen atoms in total. The van der Waals surface area contributed by atoms with Crippen LogP contribution in [0.5, 0.6) is 0 Å². The maximum atomic E-state index is 12.5. The Kier molecular flexibility index (Phi) is 4.15. The summed E-state index contributed by atoms with van der Waals surface area (Å²) in [6, 6.07) is -0.457. The molecule has 1 amide bonds. The number of hydrogen-bond acceptors (Lipinski definition) is 3. The molecule has 0 aromatic carbocycles. The van der Waals surface area contributed by atoms with Gasteiger partial charge in [0.15, 0.2) is 0 Å². The van der Waals surface area contributed by atoms with Crippen LogP contribution in [0.4, 0.5) is 18.0 Å². The fraction of sp³-hybridized carbons (Fsp3) is 0.909. The van der Waals surface area contributed by atoms with Gasteiger partial charge in [-0.3, -0.25) is 0 Å². The molecule has 1 fully saturated rings. The lowest BCUT2D eigenvalue weighted by Crippen LogP contribution is -2.44. The molecule has 1 saturated heterocycles. The van der Waals surface area contributed by atoms with Crippen LogP contribution in [0.25, 0.3) is 0 Å². The molecule has 0 radical (unpaired) electrons. The first-order valence-corrected chi connectivity index (χ1v) is 5.78. The topological polar surface area (TPSA) is 32.8 Å². The number of halogens is 3. The molecule has 0 spiro atoms. The van der Waals surface area contributed by atoms with Crippen molar-refractivity contribution < 1.29 is 22.7 Å². The lowest BCUT2D eigenvalue weighted by Gasteiger charge is -2.28. The van der Waals surface area contributed by atoms with E-state index in [1.807, 2.05) is 0 Å². The molecule has 1 atom stereocenters. The first kappa shape index (κ1) is 15.1. The molecule has 0 aromatic rings. The highest BCUT2D eigenvalue weighted by atomic mass is 19.4. The molecule has 0 unspecified atom stereocenters. The summed E-state index contributed by atoms with van der Waals surface area (Å²) < 4.78 is 42.5. The minimum Gasteiger partial charge on any atom is -0.444 e. The molecule has 0 saturated carbocycles. The Morgan fingerprint density at radius 3 is 2.28 bits per heavy atom. The van der Waals surface area contributed by atoms with Gasteiger partial charge in [-0.15, -0.1) is 0 Å². The van der Waals surface area contributed by atoms with Crippen molar-refractivity contribution in [1.29, 1.82) is 0 Å². The van der Waals surface area contributed by atoms with Crippen LogP contribution in [0.3, 0.4) is 0 Å². The summed E-state index contributed by atoms with van der Waals surface area (Å²) in [5.41, 5.74) is -0.645. The average molecular weight is 268 g/mol. The van der Waals surface area contributed by atoms with E-state index in [4.69, 9.17) is 4.74 Å². The van der Waals surface area contributed by atoms with Crippen molar-refractivity contribution in [3.8, 4) is 0 Å². The third kappa shape index (κ3) is 4.04. The summed E-state index contributed by atoms with van der Waals surface area (Å²) in [6.45, 7) is 4.88. The number of carbonyl (C=O) groups is 1. The predicted octanol–water partition coefficient (Wildman–Crippen LogP) is 2.45. The summed E-state index contributed by atoms with van der Waals surface area (Å²) in [4.78, 5) is 13.4. The van der Waals surface area contributed by atoms with Crippen molar-refractivity contribution in [1.82, 2.24) is 9.80 Å². The van der Waals surface area contributed by atoms with Crippen LogP contribution in [0.1, 0.15) is 27.2 Å². The Bertz CT molecular complexity index is 312. The number of rotatable bonds is 1. The molecule has 0 bridgehead atoms. The summed E-state index contributed by atoms with van der Waals surface area (Å²) in [6.07, 6.45) is -4.62. The first-order valence-electron chi connectivity index (χ1n) is 5.78. The predicted molar refractivity (Wildman–Crippen MR) is 60.0 cm³/mol. The summed E-state index contributed by atoms with van der Waals surface area (Å²) >= 11 is 0. The number of nitrogens with zero attached hydrogens (tertiary/aromatic N) is 2. The van der Waals surface area contributed by atoms with Crippen molar-refractivity contribution in [2.24, 2.45) is 0 Å². The van der Waals surface area contributed by atoms with E-state index in [1.54, 1.807) is 20.8 Å². The Morgan fingerprint density at radius 2 is 1.89 bits per heavy atom. The zero-order chi connectivity index (χ0) is 14.1. The number of carbonyl (C=O) groups excluding carboxylic acids is 1. The van der Waals surface area contributed by atoms with Gasteiger partial charge in [0.25, 0.3) is 0 Å². The van der Waals surface area contributed by atoms with E-state index in [1.165, 1.54) is 11.9 Å². The zero-order valence-electron chi connectivity index (χ0n) is 11.0. The fourth-order valence-electron chi connectivity index (χ4n) is 1.77. The van der Waals surface area contributed by atoms with Gasteiger partial charge in [0.1, 0.15) is 5.60 Å². The number of amides is 1. The zero-order valence-corrected chi connectivity index (χ0v) is 11.0. The summed E-state index contributed by atoms with van der Waals surface area (Å²) in [7, 11) is 1.47. The normalized spacial score (nSPS) is 22.1. The van der Waals surface area contributed by atoms with Crippen LogP contribution in [-0.4, -0.2) is 54.0 Å². The Balaban J connectivity index is 2.55. The van der Waals surface area contributed by atoms with Crippen LogP contribution in [0, 0.1) is 0 Å². The summed E-state index contributed by atoms with van der Waals surface area (Å²) in [5.74, 6) is 0. The molecule has 18 heavy (non-hydrogen) atoms. The van der Waals surface area contributed by atoms with Gasteiger partial charge in [0.2, 0.25) is 0 Å². The smallest absolute Gasteiger partial charge is 0.444 e. The lowest BCUT2D eigenvalue weighted by atomic mass is 10.2. The molecule has 1 aliphatic rings. The average Bonchev–Trinajstić information content (AvgIpc) is 2.61. The molecule has 0 aliphatic carbocycles. The lowest BCUT2D eigenvalue weighted by molar-refractivity contribution is -0.239. The van der Waals surface area contributed by atoms with Crippen molar-refractivity contribution in [2.75, 3.05) is 20.1 Å². The highest BCUT2D eigenvalue weighted by Crippen LogP contribution is 2.28. The highest BCUT2D eigenvalue weighted by molar-refractivity contribution is 5.68. The van der Waals surface area contributed by atoms with E-state index in [0.717, 1.165) is 0 Å². The number of ether oxygens (including phenoxy) is 1. The van der Waals surface area contributed by atoms with Gasteiger partial charge in [-0.2, -0.15) is 13.2 Å². The molecule has 1 rings (SSSR count). The third-order valence-electron chi connectivity index (χ3n) is 2.75. The fourth-order valence-corrected chi connectivity index (χ4v) is 1.77. The SMILES string of the molecule is CN(C(=O)OC(C)(C)C)[C@H]1CCN(C(F)(F)F)C1. The van der Waals surface area contributed by atoms with Gasteiger partial charge >= 0.3 is 12.4 Å². The quantitative estimate of drug-likeness (QED) is 0.685. The Morgan fingerprint density at radius 1 is 1.33 bits per heavy atom. The molecule has 0 aromatic heterocycles. The highest BCUT2D eigenvalue weighted by Gasteiger charge is 2.43. The van der Waals surface area contributed by atoms with Crippen molar-refractivity contribution in [2.45, 2.75) is 45.1 Å². The van der Waals surface area contributed by atoms with E-state index in [2.05, 4.69) is 0 Å². The van der Waals surface area contributed by atoms with Crippen molar-refractivity contribution in [3.63, 3.8) is 0 Å². The van der Waals surface area contributed by atoms with E-state index < -0.39 is 24.0 Å². The minimum atomic E-state index is -4.33. The van der Waals surface area contributed by atoms with E-state index in [0.29, 0.717) is 11.3 Å². The second kappa shape index (κ2) is 4.95. The molecule has 1 heterocycles. The number of likely N-dealkylation sites (tertiary alicyclic amines) is 1. The molecule has 106 valence electrons. The van der Waals surface area contributed by atoms with E-state index >= 15 is 0 Å². The molecule has 0 N–H and O–H groups in total. The van der Waals surface area contributed by atoms with E-state index in [9.17, 15) is 18.0 Å². The monoisotopic (exact) mass is 268 g/mol. The second-order valence-corrected chi connectivity index (χ2v) is 5.45. The molecular weight excluding hydrogens is 249 g/mol. The van der Waals surface area contributed by atoms with Crippen molar-refractivity contribution in [3.05, 3.63) is 0 Å². The van der Waals surface area contributed by atoms with Gasteiger partial charge in [-0.1, -0.05) is 0 Å². The van der Waals surface area contributed by atoms with Crippen molar-refractivity contribution >= 4 is 6.09 Å². The van der Waals surface area contributed by atoms with Gasteiger partial charge in [-0.25, -0.2) is 9.69 Å². The van der Waals surface area contributed by atoms with Crippen LogP contribution in [0.15, 0.2) is 0 Å². The Hall–Kier alpha value is -0.980. The molecule has 1 aliphatic heterocycles. The first-order chi connectivity index (χ1) is 8.00. The number of alkyl halides is 3.